The van der Waals surface area contributed by atoms with Crippen LogP contribution in [0.1, 0.15) is 10.4 Å². The number of hydrogen-bond acceptors (Lipinski definition) is 3. The second kappa shape index (κ2) is 4.40. The molecule has 4 nitrogen and oxygen atoms in total. The molecule has 0 aliphatic carbocycles. The molecule has 2 rings (SSSR count). The largest absolute Gasteiger partial charge is 0.508 e. The summed E-state index contributed by atoms with van der Waals surface area (Å²) in [5.74, 6) is -0.199. The SMILES string of the molecule is O=C(Nc1cccc(O)c1)c1ccoc1Br. The van der Waals surface area contributed by atoms with Gasteiger partial charge in [-0.05, 0) is 34.1 Å². The Morgan fingerprint density at radius 3 is 2.81 bits per heavy atom. The molecule has 0 saturated heterocycles. The molecule has 2 aromatic rings. The number of carbonyl (C=O) groups excluding carboxylic acids is 1. The van der Waals surface area contributed by atoms with E-state index in [2.05, 4.69) is 21.2 Å². The highest BCUT2D eigenvalue weighted by Crippen LogP contribution is 2.20. The first kappa shape index (κ1) is 10.8. The van der Waals surface area contributed by atoms with Gasteiger partial charge in [0.15, 0.2) is 4.67 Å². The number of amides is 1. The highest BCUT2D eigenvalue weighted by Gasteiger charge is 2.12. The molecule has 0 spiro atoms. The number of carbonyl (C=O) groups is 1. The van der Waals surface area contributed by atoms with Gasteiger partial charge in [-0.25, -0.2) is 0 Å². The molecule has 0 radical (unpaired) electrons. The number of phenols is 1. The second-order valence-electron chi connectivity index (χ2n) is 3.11. The van der Waals surface area contributed by atoms with Gasteiger partial charge in [-0.15, -0.1) is 0 Å². The topological polar surface area (TPSA) is 62.5 Å². The number of aromatic hydroxyl groups is 1. The molecule has 5 heteroatoms. The summed E-state index contributed by atoms with van der Waals surface area (Å²) in [5, 5.41) is 11.9. The summed E-state index contributed by atoms with van der Waals surface area (Å²) in [4.78, 5) is 11.7. The van der Waals surface area contributed by atoms with Gasteiger partial charge >= 0.3 is 0 Å². The van der Waals surface area contributed by atoms with E-state index in [1.54, 1.807) is 18.2 Å². The van der Waals surface area contributed by atoms with E-state index in [4.69, 9.17) is 4.42 Å². The maximum Gasteiger partial charge on any atom is 0.260 e. The van der Waals surface area contributed by atoms with Crippen molar-refractivity contribution in [3.05, 3.63) is 46.8 Å². The van der Waals surface area contributed by atoms with Crippen LogP contribution >= 0.6 is 15.9 Å². The summed E-state index contributed by atoms with van der Waals surface area (Å²) in [6.45, 7) is 0. The van der Waals surface area contributed by atoms with Gasteiger partial charge in [0, 0.05) is 11.8 Å². The molecule has 0 unspecified atom stereocenters. The Hall–Kier alpha value is -1.75. The standard InChI is InChI=1S/C11H8BrNO3/c12-10-9(4-5-16-10)11(15)13-7-2-1-3-8(14)6-7/h1-6,14H,(H,13,15). The van der Waals surface area contributed by atoms with Gasteiger partial charge in [-0.1, -0.05) is 6.07 Å². The van der Waals surface area contributed by atoms with Gasteiger partial charge < -0.3 is 14.8 Å². The number of rotatable bonds is 2. The van der Waals surface area contributed by atoms with E-state index in [1.165, 1.54) is 18.4 Å². The lowest BCUT2D eigenvalue weighted by molar-refractivity contribution is 0.102. The molecular formula is C11H8BrNO3. The van der Waals surface area contributed by atoms with Gasteiger partial charge in [0.1, 0.15) is 5.75 Å². The van der Waals surface area contributed by atoms with Crippen LogP contribution in [0.3, 0.4) is 0 Å². The summed E-state index contributed by atoms with van der Waals surface area (Å²) in [5.41, 5.74) is 0.932. The first-order chi connectivity index (χ1) is 7.66. The van der Waals surface area contributed by atoms with E-state index < -0.39 is 0 Å². The highest BCUT2D eigenvalue weighted by molar-refractivity contribution is 9.10. The maximum atomic E-state index is 11.7. The predicted octanol–water partition coefficient (Wildman–Crippen LogP) is 3.00. The van der Waals surface area contributed by atoms with Crippen LogP contribution in [-0.4, -0.2) is 11.0 Å². The first-order valence-electron chi connectivity index (χ1n) is 4.50. The number of phenolic OH excluding ortho intramolecular Hbond substituents is 1. The summed E-state index contributed by atoms with van der Waals surface area (Å²) in [7, 11) is 0. The molecule has 1 amide bonds. The van der Waals surface area contributed by atoms with Crippen LogP contribution in [0, 0.1) is 0 Å². The van der Waals surface area contributed by atoms with Crippen molar-refractivity contribution in [3.8, 4) is 5.75 Å². The van der Waals surface area contributed by atoms with Gasteiger partial charge in [-0.2, -0.15) is 0 Å². The van der Waals surface area contributed by atoms with Gasteiger partial charge in [0.05, 0.1) is 11.8 Å². The van der Waals surface area contributed by atoms with Crippen LogP contribution < -0.4 is 5.32 Å². The van der Waals surface area contributed by atoms with Crippen molar-refractivity contribution in [1.82, 2.24) is 0 Å². The van der Waals surface area contributed by atoms with Crippen molar-refractivity contribution in [3.63, 3.8) is 0 Å². The quantitative estimate of drug-likeness (QED) is 0.890. The summed E-state index contributed by atoms with van der Waals surface area (Å²) >= 11 is 3.12. The lowest BCUT2D eigenvalue weighted by Gasteiger charge is -2.03. The Bertz CT molecular complexity index is 521. The Labute approximate surface area is 100 Å². The van der Waals surface area contributed by atoms with E-state index in [0.29, 0.717) is 15.9 Å². The van der Waals surface area contributed by atoms with Crippen molar-refractivity contribution in [2.24, 2.45) is 0 Å². The van der Waals surface area contributed by atoms with Crippen LogP contribution in [0.5, 0.6) is 5.75 Å². The fourth-order valence-electron chi connectivity index (χ4n) is 1.24. The molecule has 0 bridgehead atoms. The molecule has 1 heterocycles. The van der Waals surface area contributed by atoms with Gasteiger partial charge in [-0.3, -0.25) is 4.79 Å². The predicted molar refractivity (Wildman–Crippen MR) is 62.5 cm³/mol. The third-order valence-corrected chi connectivity index (χ3v) is 2.58. The zero-order valence-corrected chi connectivity index (χ0v) is 9.69. The van der Waals surface area contributed by atoms with Crippen molar-refractivity contribution in [1.29, 1.82) is 0 Å². The van der Waals surface area contributed by atoms with Crippen LogP contribution in [0.2, 0.25) is 0 Å². The average molecular weight is 282 g/mol. The van der Waals surface area contributed by atoms with Gasteiger partial charge in [0.25, 0.3) is 5.91 Å². The number of nitrogens with one attached hydrogen (secondary N) is 1. The summed E-state index contributed by atoms with van der Waals surface area (Å²) in [6, 6.07) is 7.89. The molecular weight excluding hydrogens is 274 g/mol. The number of anilines is 1. The van der Waals surface area contributed by atoms with Crippen molar-refractivity contribution in [2.75, 3.05) is 5.32 Å². The van der Waals surface area contributed by atoms with Crippen LogP contribution in [0.15, 0.2) is 45.7 Å². The van der Waals surface area contributed by atoms with E-state index in [1.807, 2.05) is 0 Å². The maximum absolute atomic E-state index is 11.7. The summed E-state index contributed by atoms with van der Waals surface area (Å²) < 4.78 is 5.33. The second-order valence-corrected chi connectivity index (χ2v) is 3.83. The molecule has 0 aliphatic heterocycles. The molecule has 1 aromatic heterocycles. The fraction of sp³-hybridized carbons (Fsp3) is 0. The molecule has 2 N–H and O–H groups in total. The minimum atomic E-state index is -0.300. The lowest BCUT2D eigenvalue weighted by Crippen LogP contribution is -2.11. The van der Waals surface area contributed by atoms with Crippen molar-refractivity contribution in [2.45, 2.75) is 0 Å². The van der Waals surface area contributed by atoms with Crippen molar-refractivity contribution < 1.29 is 14.3 Å². The monoisotopic (exact) mass is 281 g/mol. The third kappa shape index (κ3) is 2.25. The molecule has 1 aromatic carbocycles. The normalized spacial score (nSPS) is 10.1. The smallest absolute Gasteiger partial charge is 0.260 e. The Balaban J connectivity index is 2.17. The highest BCUT2D eigenvalue weighted by atomic mass is 79.9. The van der Waals surface area contributed by atoms with E-state index in [9.17, 15) is 9.90 Å². The van der Waals surface area contributed by atoms with E-state index in [-0.39, 0.29) is 11.7 Å². The average Bonchev–Trinajstić information content (AvgIpc) is 2.64. The minimum absolute atomic E-state index is 0.101. The van der Waals surface area contributed by atoms with Crippen LogP contribution in [-0.2, 0) is 0 Å². The number of hydrogen-bond donors (Lipinski definition) is 2. The molecule has 0 fully saturated rings. The number of furan rings is 1. The Kier molecular flexibility index (Phi) is 2.96. The summed E-state index contributed by atoms with van der Waals surface area (Å²) in [6.07, 6.45) is 1.42. The Morgan fingerprint density at radius 1 is 1.38 bits per heavy atom. The molecule has 0 saturated carbocycles. The van der Waals surface area contributed by atoms with Crippen LogP contribution in [0.25, 0.3) is 0 Å². The third-order valence-electron chi connectivity index (χ3n) is 1.97. The zero-order chi connectivity index (χ0) is 11.5. The number of benzene rings is 1. The minimum Gasteiger partial charge on any atom is -0.508 e. The van der Waals surface area contributed by atoms with Gasteiger partial charge in [0.2, 0.25) is 0 Å². The van der Waals surface area contributed by atoms with Crippen molar-refractivity contribution >= 4 is 27.5 Å². The molecule has 0 atom stereocenters. The first-order valence-corrected chi connectivity index (χ1v) is 5.29. The van der Waals surface area contributed by atoms with Crippen LogP contribution in [0.4, 0.5) is 5.69 Å². The van der Waals surface area contributed by atoms with E-state index in [0.717, 1.165) is 0 Å². The molecule has 0 aliphatic rings. The number of halogens is 1. The van der Waals surface area contributed by atoms with E-state index >= 15 is 0 Å². The molecule has 16 heavy (non-hydrogen) atoms. The Morgan fingerprint density at radius 2 is 2.19 bits per heavy atom. The lowest BCUT2D eigenvalue weighted by atomic mass is 10.2. The fourth-order valence-corrected chi connectivity index (χ4v) is 1.66. The molecule has 82 valence electrons. The zero-order valence-electron chi connectivity index (χ0n) is 8.11.